The summed E-state index contributed by atoms with van der Waals surface area (Å²) in [5, 5.41) is -0.278. The van der Waals surface area contributed by atoms with Crippen LogP contribution in [0.25, 0.3) is 28.8 Å². The van der Waals surface area contributed by atoms with Crippen LogP contribution in [0.15, 0.2) is 52.9 Å². The Labute approximate surface area is 155 Å². The van der Waals surface area contributed by atoms with Crippen molar-refractivity contribution >= 4 is 28.7 Å². The molecule has 0 aliphatic carbocycles. The Bertz CT molecular complexity index is 1090. The van der Waals surface area contributed by atoms with Crippen LogP contribution in [0.3, 0.4) is 0 Å². The number of halogens is 1. The van der Waals surface area contributed by atoms with Crippen molar-refractivity contribution in [3.8, 4) is 22.6 Å². The van der Waals surface area contributed by atoms with Crippen LogP contribution in [0, 0.1) is 5.82 Å². The molecule has 0 saturated carbocycles. The lowest BCUT2D eigenvalue weighted by molar-refractivity contribution is 0.593. The zero-order chi connectivity index (χ0) is 18.9. The lowest BCUT2D eigenvalue weighted by Crippen LogP contribution is -2.05. The monoisotopic (exact) mass is 390 g/mol. The van der Waals surface area contributed by atoms with Gasteiger partial charge in [-0.15, -0.1) is 12.6 Å². The molecule has 0 bridgehead atoms. The van der Waals surface area contributed by atoms with E-state index < -0.39 is 9.84 Å². The third-order valence-corrected chi connectivity index (χ3v) is 4.42. The van der Waals surface area contributed by atoms with Crippen LogP contribution < -0.4 is 0 Å². The van der Waals surface area contributed by atoms with Crippen LogP contribution in [0.4, 0.5) is 4.39 Å². The SMILES string of the molecule is C/C(S)=C/n1cnc(-c2ccc(F)cc2)c1-c1ccnc(S(C)(=O)=O)n1. The number of allylic oxidation sites excluding steroid dienone is 1. The van der Waals surface area contributed by atoms with E-state index in [1.165, 1.54) is 18.3 Å². The predicted molar refractivity (Wildman–Crippen MR) is 101 cm³/mol. The summed E-state index contributed by atoms with van der Waals surface area (Å²) in [6, 6.07) is 7.46. The summed E-state index contributed by atoms with van der Waals surface area (Å²) >= 11 is 4.28. The fourth-order valence-electron chi connectivity index (χ4n) is 2.38. The van der Waals surface area contributed by atoms with E-state index in [2.05, 4.69) is 27.6 Å². The number of nitrogens with zero attached hydrogens (tertiary/aromatic N) is 4. The molecular formula is C17H15FN4O2S2. The van der Waals surface area contributed by atoms with Crippen LogP contribution in [0.5, 0.6) is 0 Å². The normalized spacial score (nSPS) is 12.4. The summed E-state index contributed by atoms with van der Waals surface area (Å²) in [7, 11) is -3.57. The molecule has 0 atom stereocenters. The zero-order valence-electron chi connectivity index (χ0n) is 14.0. The van der Waals surface area contributed by atoms with Crippen LogP contribution in [-0.2, 0) is 9.84 Å². The van der Waals surface area contributed by atoms with Crippen molar-refractivity contribution in [2.45, 2.75) is 12.1 Å². The molecule has 0 radical (unpaired) electrons. The average Bonchev–Trinajstić information content (AvgIpc) is 2.97. The standard InChI is InChI=1S/C17H15FN4O2S2/c1-11(25)9-22-10-20-15(12-3-5-13(18)6-4-12)16(22)14-7-8-19-17(21-14)26(2,23)24/h3-10,25H,1-2H3/b11-9-. The molecule has 134 valence electrons. The van der Waals surface area contributed by atoms with Crippen molar-refractivity contribution in [2.75, 3.05) is 6.26 Å². The van der Waals surface area contributed by atoms with Crippen LogP contribution in [-0.4, -0.2) is 34.2 Å². The minimum Gasteiger partial charge on any atom is -0.303 e. The number of aromatic nitrogens is 4. The highest BCUT2D eigenvalue weighted by Crippen LogP contribution is 2.31. The van der Waals surface area contributed by atoms with Crippen molar-refractivity contribution < 1.29 is 12.8 Å². The minimum atomic E-state index is -3.57. The summed E-state index contributed by atoms with van der Waals surface area (Å²) in [5.74, 6) is -0.359. The van der Waals surface area contributed by atoms with Crippen molar-refractivity contribution in [1.82, 2.24) is 19.5 Å². The highest BCUT2D eigenvalue weighted by molar-refractivity contribution is 7.90. The van der Waals surface area contributed by atoms with E-state index in [9.17, 15) is 12.8 Å². The van der Waals surface area contributed by atoms with Gasteiger partial charge in [0.05, 0.1) is 17.1 Å². The number of imidazole rings is 1. The summed E-state index contributed by atoms with van der Waals surface area (Å²) in [4.78, 5) is 13.1. The molecule has 0 amide bonds. The first-order chi connectivity index (χ1) is 12.3. The minimum absolute atomic E-state index is 0.278. The van der Waals surface area contributed by atoms with Gasteiger partial charge < -0.3 is 4.57 Å². The summed E-state index contributed by atoms with van der Waals surface area (Å²) < 4.78 is 38.5. The summed E-state index contributed by atoms with van der Waals surface area (Å²) in [6.07, 6.45) is 5.71. The van der Waals surface area contributed by atoms with E-state index in [0.717, 1.165) is 6.26 Å². The number of hydrogen-bond acceptors (Lipinski definition) is 6. The molecular weight excluding hydrogens is 375 g/mol. The number of rotatable bonds is 4. The first-order valence-corrected chi connectivity index (χ1v) is 9.83. The number of hydrogen-bond donors (Lipinski definition) is 1. The quantitative estimate of drug-likeness (QED) is 0.546. The van der Waals surface area contributed by atoms with Crippen molar-refractivity contribution in [2.24, 2.45) is 0 Å². The molecule has 0 aliphatic heterocycles. The van der Waals surface area contributed by atoms with E-state index in [-0.39, 0.29) is 11.0 Å². The van der Waals surface area contributed by atoms with Gasteiger partial charge in [0.25, 0.3) is 0 Å². The van der Waals surface area contributed by atoms with Crippen LogP contribution in [0.2, 0.25) is 0 Å². The first-order valence-electron chi connectivity index (χ1n) is 7.49. The second-order valence-electron chi connectivity index (χ2n) is 5.62. The maximum atomic E-state index is 13.3. The topological polar surface area (TPSA) is 77.7 Å². The van der Waals surface area contributed by atoms with Crippen LogP contribution in [0.1, 0.15) is 6.92 Å². The highest BCUT2D eigenvalue weighted by atomic mass is 32.2. The lowest BCUT2D eigenvalue weighted by atomic mass is 10.1. The van der Waals surface area contributed by atoms with E-state index >= 15 is 0 Å². The molecule has 3 aromatic rings. The van der Waals surface area contributed by atoms with Gasteiger partial charge in [0, 0.05) is 24.2 Å². The summed E-state index contributed by atoms with van der Waals surface area (Å²) in [6.45, 7) is 1.80. The Balaban J connectivity index is 2.26. The van der Waals surface area contributed by atoms with Gasteiger partial charge >= 0.3 is 0 Å². The number of sulfone groups is 1. The lowest BCUT2D eigenvalue weighted by Gasteiger charge is -2.08. The first kappa shape index (κ1) is 18.3. The smallest absolute Gasteiger partial charge is 0.247 e. The maximum absolute atomic E-state index is 13.3. The third kappa shape index (κ3) is 3.83. The van der Waals surface area contributed by atoms with Gasteiger partial charge in [-0.1, -0.05) is 0 Å². The fraction of sp³-hybridized carbons (Fsp3) is 0.118. The third-order valence-electron chi connectivity index (χ3n) is 3.45. The second-order valence-corrected chi connectivity index (χ2v) is 8.24. The molecule has 2 heterocycles. The highest BCUT2D eigenvalue weighted by Gasteiger charge is 2.19. The Hall–Kier alpha value is -2.52. The van der Waals surface area contributed by atoms with Gasteiger partial charge in [0.1, 0.15) is 12.1 Å². The average molecular weight is 390 g/mol. The van der Waals surface area contributed by atoms with Gasteiger partial charge in [-0.05, 0) is 42.2 Å². The molecule has 0 saturated heterocycles. The Kier molecular flexibility index (Phi) is 4.92. The molecule has 1 aromatic carbocycles. The van der Waals surface area contributed by atoms with Gasteiger partial charge in [-0.3, -0.25) is 0 Å². The van der Waals surface area contributed by atoms with E-state index in [1.54, 1.807) is 42.2 Å². The Morgan fingerprint density at radius 3 is 2.50 bits per heavy atom. The number of thiol groups is 1. The molecule has 3 rings (SSSR count). The Morgan fingerprint density at radius 2 is 1.88 bits per heavy atom. The fourth-order valence-corrected chi connectivity index (χ4v) is 3.03. The number of benzene rings is 1. The van der Waals surface area contributed by atoms with Crippen molar-refractivity contribution in [1.29, 1.82) is 0 Å². The molecule has 0 unspecified atom stereocenters. The maximum Gasteiger partial charge on any atom is 0.247 e. The van der Waals surface area contributed by atoms with Gasteiger partial charge in [0.2, 0.25) is 15.0 Å². The predicted octanol–water partition coefficient (Wildman–Crippen LogP) is 3.30. The molecule has 6 nitrogen and oxygen atoms in total. The zero-order valence-corrected chi connectivity index (χ0v) is 15.7. The van der Waals surface area contributed by atoms with E-state index in [4.69, 9.17) is 0 Å². The van der Waals surface area contributed by atoms with Crippen LogP contribution >= 0.6 is 12.6 Å². The second kappa shape index (κ2) is 7.00. The van der Waals surface area contributed by atoms with Gasteiger partial charge in [-0.2, -0.15) is 0 Å². The Morgan fingerprint density at radius 1 is 1.19 bits per heavy atom. The van der Waals surface area contributed by atoms with Crippen molar-refractivity contribution in [3.05, 3.63) is 53.6 Å². The van der Waals surface area contributed by atoms with Crippen molar-refractivity contribution in [3.63, 3.8) is 0 Å². The molecule has 2 aromatic heterocycles. The molecule has 0 aliphatic rings. The van der Waals surface area contributed by atoms with Gasteiger partial charge in [0.15, 0.2) is 0 Å². The van der Waals surface area contributed by atoms with E-state index in [0.29, 0.717) is 27.6 Å². The molecule has 26 heavy (non-hydrogen) atoms. The molecule has 0 fully saturated rings. The molecule has 9 heteroatoms. The van der Waals surface area contributed by atoms with Gasteiger partial charge in [-0.25, -0.2) is 27.8 Å². The summed E-state index contributed by atoms with van der Waals surface area (Å²) in [5.41, 5.74) is 2.14. The largest absolute Gasteiger partial charge is 0.303 e. The van der Waals surface area contributed by atoms with E-state index in [1.807, 2.05) is 0 Å². The molecule has 0 N–H and O–H groups in total. The molecule has 0 spiro atoms.